The van der Waals surface area contributed by atoms with Crippen LogP contribution < -0.4 is 4.72 Å². The quantitative estimate of drug-likeness (QED) is 0.612. The van der Waals surface area contributed by atoms with Crippen molar-refractivity contribution in [3.05, 3.63) is 0 Å². The van der Waals surface area contributed by atoms with Crippen LogP contribution in [0.2, 0.25) is 0 Å². The lowest BCUT2D eigenvalue weighted by Gasteiger charge is -2.21. The summed E-state index contributed by atoms with van der Waals surface area (Å²) in [4.78, 5) is 0. The van der Waals surface area contributed by atoms with E-state index in [1.807, 2.05) is 0 Å². The van der Waals surface area contributed by atoms with Crippen molar-refractivity contribution in [3.63, 3.8) is 0 Å². The van der Waals surface area contributed by atoms with E-state index in [1.165, 1.54) is 6.42 Å². The van der Waals surface area contributed by atoms with Crippen molar-refractivity contribution < 1.29 is 18.6 Å². The van der Waals surface area contributed by atoms with Crippen LogP contribution in [0, 0.1) is 5.92 Å². The van der Waals surface area contributed by atoms with E-state index in [1.54, 1.807) is 0 Å². The molecule has 1 aliphatic carbocycles. The van der Waals surface area contributed by atoms with Gasteiger partial charge < -0.3 is 10.2 Å². The third-order valence-electron chi connectivity index (χ3n) is 2.93. The fourth-order valence-electron chi connectivity index (χ4n) is 2.01. The molecule has 1 atom stereocenters. The molecule has 0 bridgehead atoms. The number of hydrogen-bond donors (Lipinski definition) is 3. The predicted molar refractivity (Wildman–Crippen MR) is 61.5 cm³/mol. The lowest BCUT2D eigenvalue weighted by molar-refractivity contribution is 0.0988. The Morgan fingerprint density at radius 2 is 1.88 bits per heavy atom. The standard InChI is InChI=1S/C10H21NO4S/c12-7-10(13)6-11-16(14,15)8-9-4-2-1-3-5-9/h9-13H,1-8H2. The van der Waals surface area contributed by atoms with Gasteiger partial charge in [0.2, 0.25) is 10.0 Å². The summed E-state index contributed by atoms with van der Waals surface area (Å²) in [5.41, 5.74) is 0. The number of sulfonamides is 1. The molecule has 0 saturated heterocycles. The average molecular weight is 251 g/mol. The zero-order chi connectivity index (χ0) is 12.0. The lowest BCUT2D eigenvalue weighted by atomic mass is 9.91. The van der Waals surface area contributed by atoms with Crippen LogP contribution in [0.25, 0.3) is 0 Å². The van der Waals surface area contributed by atoms with Crippen LogP contribution in [0.3, 0.4) is 0 Å². The van der Waals surface area contributed by atoms with Crippen LogP contribution in [0.1, 0.15) is 32.1 Å². The first-order valence-electron chi connectivity index (χ1n) is 5.80. The van der Waals surface area contributed by atoms with Crippen molar-refractivity contribution in [2.45, 2.75) is 38.2 Å². The zero-order valence-corrected chi connectivity index (χ0v) is 10.2. The molecular formula is C10H21NO4S. The predicted octanol–water partition coefficient (Wildman–Crippen LogP) is -0.161. The van der Waals surface area contributed by atoms with Crippen LogP contribution >= 0.6 is 0 Å². The van der Waals surface area contributed by atoms with Crippen LogP contribution in [0.4, 0.5) is 0 Å². The van der Waals surface area contributed by atoms with Crippen LogP contribution in [-0.4, -0.2) is 43.6 Å². The number of aliphatic hydroxyl groups excluding tert-OH is 2. The van der Waals surface area contributed by atoms with E-state index in [4.69, 9.17) is 10.2 Å². The highest BCUT2D eigenvalue weighted by atomic mass is 32.2. The number of hydrogen-bond acceptors (Lipinski definition) is 4. The van der Waals surface area contributed by atoms with Gasteiger partial charge in [-0.15, -0.1) is 0 Å². The van der Waals surface area contributed by atoms with Crippen molar-refractivity contribution >= 4 is 10.0 Å². The largest absolute Gasteiger partial charge is 0.394 e. The molecule has 0 heterocycles. The van der Waals surface area contributed by atoms with E-state index in [0.717, 1.165) is 25.7 Å². The first kappa shape index (κ1) is 13.9. The van der Waals surface area contributed by atoms with Crippen molar-refractivity contribution in [1.29, 1.82) is 0 Å². The Balaban J connectivity index is 2.32. The number of nitrogens with one attached hydrogen (secondary N) is 1. The van der Waals surface area contributed by atoms with E-state index in [-0.39, 0.29) is 18.2 Å². The maximum atomic E-state index is 11.6. The van der Waals surface area contributed by atoms with Gasteiger partial charge in [0.05, 0.1) is 18.5 Å². The minimum Gasteiger partial charge on any atom is -0.394 e. The molecule has 3 N–H and O–H groups in total. The van der Waals surface area contributed by atoms with Gasteiger partial charge >= 0.3 is 0 Å². The third-order valence-corrected chi connectivity index (χ3v) is 4.45. The highest BCUT2D eigenvalue weighted by molar-refractivity contribution is 7.89. The van der Waals surface area contributed by atoms with Gasteiger partial charge in [-0.05, 0) is 18.8 Å². The second kappa shape index (κ2) is 6.54. The van der Waals surface area contributed by atoms with Crippen LogP contribution in [0.15, 0.2) is 0 Å². The van der Waals surface area contributed by atoms with Crippen molar-refractivity contribution in [1.82, 2.24) is 4.72 Å². The van der Waals surface area contributed by atoms with Crippen LogP contribution in [-0.2, 0) is 10.0 Å². The molecule has 1 saturated carbocycles. The maximum Gasteiger partial charge on any atom is 0.211 e. The molecule has 0 radical (unpaired) electrons. The molecule has 6 heteroatoms. The Bertz CT molecular complexity index is 285. The molecule has 5 nitrogen and oxygen atoms in total. The Morgan fingerprint density at radius 1 is 1.25 bits per heavy atom. The van der Waals surface area contributed by atoms with Gasteiger partial charge in [-0.25, -0.2) is 13.1 Å². The molecule has 1 aliphatic rings. The summed E-state index contributed by atoms with van der Waals surface area (Å²) >= 11 is 0. The topological polar surface area (TPSA) is 86.6 Å². The Labute approximate surface area is 96.9 Å². The molecule has 0 amide bonds. The van der Waals surface area contributed by atoms with Gasteiger partial charge in [0, 0.05) is 6.54 Å². The SMILES string of the molecule is O=S(=O)(CC1CCCCC1)NCC(O)CO. The number of rotatable bonds is 6. The highest BCUT2D eigenvalue weighted by Gasteiger charge is 2.21. The Kier molecular flexibility index (Phi) is 5.68. The third kappa shape index (κ3) is 5.25. The maximum absolute atomic E-state index is 11.6. The summed E-state index contributed by atoms with van der Waals surface area (Å²) in [5.74, 6) is 0.392. The summed E-state index contributed by atoms with van der Waals surface area (Å²) in [5, 5.41) is 17.6. The minimum absolute atomic E-state index is 0.106. The van der Waals surface area contributed by atoms with Gasteiger partial charge in [-0.2, -0.15) is 0 Å². The molecular weight excluding hydrogens is 230 g/mol. The van der Waals surface area contributed by atoms with Gasteiger partial charge in [-0.1, -0.05) is 19.3 Å². The van der Waals surface area contributed by atoms with E-state index >= 15 is 0 Å². The molecule has 96 valence electrons. The number of aliphatic hydroxyl groups is 2. The van der Waals surface area contributed by atoms with E-state index in [9.17, 15) is 8.42 Å². The zero-order valence-electron chi connectivity index (χ0n) is 9.43. The summed E-state index contributed by atoms with van der Waals surface area (Å²) < 4.78 is 25.5. The molecule has 1 unspecified atom stereocenters. The van der Waals surface area contributed by atoms with Crippen molar-refractivity contribution in [2.24, 2.45) is 5.92 Å². The van der Waals surface area contributed by atoms with Crippen LogP contribution in [0.5, 0.6) is 0 Å². The van der Waals surface area contributed by atoms with Crippen molar-refractivity contribution in [3.8, 4) is 0 Å². The van der Waals surface area contributed by atoms with Gasteiger partial charge in [0.1, 0.15) is 0 Å². The highest BCUT2D eigenvalue weighted by Crippen LogP contribution is 2.24. The molecule has 0 aliphatic heterocycles. The molecule has 1 rings (SSSR count). The van der Waals surface area contributed by atoms with Crippen molar-refractivity contribution in [2.75, 3.05) is 18.9 Å². The molecule has 1 fully saturated rings. The Hall–Kier alpha value is -0.170. The van der Waals surface area contributed by atoms with Gasteiger partial charge in [0.25, 0.3) is 0 Å². The smallest absolute Gasteiger partial charge is 0.211 e. The lowest BCUT2D eigenvalue weighted by Crippen LogP contribution is -2.37. The fourth-order valence-corrected chi connectivity index (χ4v) is 3.53. The van der Waals surface area contributed by atoms with Gasteiger partial charge in [0.15, 0.2) is 0 Å². The molecule has 0 aromatic heterocycles. The second-order valence-electron chi connectivity index (χ2n) is 4.47. The summed E-state index contributed by atoms with van der Waals surface area (Å²) in [6.07, 6.45) is 4.36. The summed E-state index contributed by atoms with van der Waals surface area (Å²) in [6, 6.07) is 0. The molecule has 16 heavy (non-hydrogen) atoms. The van der Waals surface area contributed by atoms with Gasteiger partial charge in [-0.3, -0.25) is 0 Å². The average Bonchev–Trinajstić information content (AvgIpc) is 2.27. The summed E-state index contributed by atoms with van der Waals surface area (Å²) in [6.45, 7) is -0.530. The first-order valence-corrected chi connectivity index (χ1v) is 7.45. The minimum atomic E-state index is -3.31. The Morgan fingerprint density at radius 3 is 2.44 bits per heavy atom. The second-order valence-corrected chi connectivity index (χ2v) is 6.32. The van der Waals surface area contributed by atoms with E-state index < -0.39 is 22.7 Å². The molecule has 0 spiro atoms. The molecule has 0 aromatic carbocycles. The summed E-state index contributed by atoms with van der Waals surface area (Å²) in [7, 11) is -3.31. The van der Waals surface area contributed by atoms with E-state index in [0.29, 0.717) is 0 Å². The van der Waals surface area contributed by atoms with E-state index in [2.05, 4.69) is 4.72 Å². The molecule has 0 aromatic rings. The normalized spacial score (nSPS) is 20.9. The monoisotopic (exact) mass is 251 g/mol. The first-order chi connectivity index (χ1) is 7.53. The fraction of sp³-hybridized carbons (Fsp3) is 1.00.